The minimum atomic E-state index is -1.07. The molecule has 0 saturated carbocycles. The number of hydrogen-bond acceptors (Lipinski definition) is 9. The van der Waals surface area contributed by atoms with Gasteiger partial charge in [0, 0.05) is 10.6 Å². The summed E-state index contributed by atoms with van der Waals surface area (Å²) in [6.45, 7) is 8.24. The van der Waals surface area contributed by atoms with E-state index in [9.17, 15) is 19.5 Å². The van der Waals surface area contributed by atoms with E-state index in [2.05, 4.69) is 11.9 Å². The smallest absolute Gasteiger partial charge is 0.350 e. The summed E-state index contributed by atoms with van der Waals surface area (Å²) in [5, 5.41) is 11.9. The first-order chi connectivity index (χ1) is 19.7. The van der Waals surface area contributed by atoms with Gasteiger partial charge in [0.2, 0.25) is 0 Å². The highest BCUT2D eigenvalue weighted by molar-refractivity contribution is 7.17. The number of aliphatic hydroxyl groups is 1. The normalized spacial score (nSPS) is 16.2. The van der Waals surface area contributed by atoms with Crippen LogP contribution < -0.4 is 14.4 Å². The lowest BCUT2D eigenvalue weighted by Gasteiger charge is -2.24. The average Bonchev–Trinajstić information content (AvgIpc) is 3.46. The van der Waals surface area contributed by atoms with Crippen molar-refractivity contribution in [3.05, 3.63) is 74.8 Å². The van der Waals surface area contributed by atoms with Crippen LogP contribution in [0.5, 0.6) is 11.5 Å². The number of ketones is 1. The number of hydrogen-bond donors (Lipinski definition) is 1. The second kappa shape index (κ2) is 13.2. The summed E-state index contributed by atoms with van der Waals surface area (Å²) in [6, 6.07) is 10.3. The van der Waals surface area contributed by atoms with Crippen molar-refractivity contribution < 1.29 is 33.7 Å². The van der Waals surface area contributed by atoms with Crippen molar-refractivity contribution >= 4 is 51.5 Å². The van der Waals surface area contributed by atoms with Gasteiger partial charge >= 0.3 is 11.9 Å². The van der Waals surface area contributed by atoms with Crippen LogP contribution in [0.15, 0.2) is 48.0 Å². The molecule has 1 aromatic heterocycles. The van der Waals surface area contributed by atoms with Crippen molar-refractivity contribution in [1.29, 1.82) is 0 Å². The number of carbonyl (C=O) groups excluding carboxylic acids is 3. The first kappa shape index (κ1) is 30.1. The van der Waals surface area contributed by atoms with Crippen LogP contribution in [-0.2, 0) is 14.3 Å². The molecular weight excluding hydrogens is 568 g/mol. The Kier molecular flexibility index (Phi) is 9.67. The van der Waals surface area contributed by atoms with Gasteiger partial charge in [-0.2, -0.15) is 0 Å². The number of nitrogens with zero attached hydrogens (tertiary/aromatic N) is 2. The minimum absolute atomic E-state index is 0.119. The summed E-state index contributed by atoms with van der Waals surface area (Å²) in [4.78, 5) is 45.5. The van der Waals surface area contributed by atoms with E-state index in [1.807, 2.05) is 6.92 Å². The topological polar surface area (TPSA) is 115 Å². The molecule has 0 aliphatic carbocycles. The highest BCUT2D eigenvalue weighted by atomic mass is 35.5. The Hall–Kier alpha value is -3.89. The fraction of sp³-hybridized carbons (Fsp3) is 0.333. The lowest BCUT2D eigenvalue weighted by molar-refractivity contribution is -0.132. The molecule has 1 aliphatic heterocycles. The van der Waals surface area contributed by atoms with Gasteiger partial charge in [-0.25, -0.2) is 9.78 Å². The standard InChI is InChI=1S/C30H31ClN2O7S/c1-5-8-15-40-21-14-11-19(16-22(21)38-6-2)24-23(25(34)18-9-12-20(31)13-10-18)26(35)28(36)33(24)30-32-17(4)27(41-30)29(37)39-7-3/h9-14,16,24,34H,5-8,15H2,1-4H3/b25-23+. The fourth-order valence-corrected chi connectivity index (χ4v) is 5.50. The predicted molar refractivity (Wildman–Crippen MR) is 157 cm³/mol. The number of thiazole rings is 1. The molecule has 216 valence electrons. The summed E-state index contributed by atoms with van der Waals surface area (Å²) < 4.78 is 16.9. The Morgan fingerprint density at radius 2 is 1.78 bits per heavy atom. The van der Waals surface area contributed by atoms with Crippen LogP contribution in [0.4, 0.5) is 5.13 Å². The van der Waals surface area contributed by atoms with Crippen LogP contribution in [0.3, 0.4) is 0 Å². The summed E-state index contributed by atoms with van der Waals surface area (Å²) in [6.07, 6.45) is 1.82. The lowest BCUT2D eigenvalue weighted by atomic mass is 9.95. The Bertz CT molecular complexity index is 1480. The monoisotopic (exact) mass is 598 g/mol. The quantitative estimate of drug-likeness (QED) is 0.0876. The third kappa shape index (κ3) is 6.23. The van der Waals surface area contributed by atoms with Crippen molar-refractivity contribution in [3.8, 4) is 11.5 Å². The molecule has 4 rings (SSSR count). The molecule has 9 nitrogen and oxygen atoms in total. The number of benzene rings is 2. The number of rotatable bonds is 11. The molecule has 1 fully saturated rings. The Labute approximate surface area is 247 Å². The highest BCUT2D eigenvalue weighted by Gasteiger charge is 2.48. The van der Waals surface area contributed by atoms with E-state index in [4.69, 9.17) is 25.8 Å². The molecule has 3 aromatic rings. The second-order valence-corrected chi connectivity index (χ2v) is 10.6. The number of esters is 1. The van der Waals surface area contributed by atoms with E-state index < -0.39 is 23.7 Å². The third-order valence-corrected chi connectivity index (χ3v) is 7.74. The van der Waals surface area contributed by atoms with Gasteiger partial charge in [0.25, 0.3) is 5.78 Å². The number of aryl methyl sites for hydroxylation is 1. The van der Waals surface area contributed by atoms with Crippen molar-refractivity contribution in [3.63, 3.8) is 0 Å². The van der Waals surface area contributed by atoms with Crippen LogP contribution in [-0.4, -0.2) is 47.6 Å². The summed E-state index contributed by atoms with van der Waals surface area (Å²) in [7, 11) is 0. The summed E-state index contributed by atoms with van der Waals surface area (Å²) in [5.74, 6) is -1.78. The molecule has 1 saturated heterocycles. The number of amides is 1. The van der Waals surface area contributed by atoms with Crippen LogP contribution in [0.25, 0.3) is 5.76 Å². The van der Waals surface area contributed by atoms with E-state index in [1.165, 1.54) is 4.90 Å². The number of halogens is 1. The van der Waals surface area contributed by atoms with Crippen LogP contribution in [0.1, 0.15) is 66.1 Å². The van der Waals surface area contributed by atoms with Gasteiger partial charge in [0.1, 0.15) is 10.6 Å². The third-order valence-electron chi connectivity index (χ3n) is 6.35. The van der Waals surface area contributed by atoms with Gasteiger partial charge in [-0.05, 0) is 69.2 Å². The van der Waals surface area contributed by atoms with Gasteiger partial charge in [-0.15, -0.1) is 0 Å². The van der Waals surface area contributed by atoms with Gasteiger partial charge < -0.3 is 19.3 Å². The molecule has 0 spiro atoms. The Balaban J connectivity index is 1.90. The zero-order chi connectivity index (χ0) is 29.7. The molecule has 0 radical (unpaired) electrons. The van der Waals surface area contributed by atoms with Crippen molar-refractivity contribution in [1.82, 2.24) is 4.98 Å². The zero-order valence-corrected chi connectivity index (χ0v) is 24.8. The largest absolute Gasteiger partial charge is 0.507 e. The maximum Gasteiger partial charge on any atom is 0.350 e. The average molecular weight is 599 g/mol. The van der Waals surface area contributed by atoms with Crippen LogP contribution >= 0.6 is 22.9 Å². The van der Waals surface area contributed by atoms with Gasteiger partial charge in [-0.3, -0.25) is 14.5 Å². The van der Waals surface area contributed by atoms with Crippen molar-refractivity contribution in [2.24, 2.45) is 0 Å². The van der Waals surface area contributed by atoms with E-state index in [0.29, 0.717) is 46.6 Å². The zero-order valence-electron chi connectivity index (χ0n) is 23.2. The van der Waals surface area contributed by atoms with Crippen molar-refractivity contribution in [2.75, 3.05) is 24.7 Å². The minimum Gasteiger partial charge on any atom is -0.507 e. The molecule has 11 heteroatoms. The number of Topliss-reactive ketones (excluding diaryl/α,β-unsaturated/α-hetero) is 1. The van der Waals surface area contributed by atoms with Gasteiger partial charge in [-0.1, -0.05) is 42.3 Å². The highest BCUT2D eigenvalue weighted by Crippen LogP contribution is 2.45. The molecule has 0 bridgehead atoms. The second-order valence-electron chi connectivity index (χ2n) is 9.15. The molecule has 1 amide bonds. The molecule has 41 heavy (non-hydrogen) atoms. The summed E-state index contributed by atoms with van der Waals surface area (Å²) >= 11 is 6.97. The summed E-state index contributed by atoms with van der Waals surface area (Å²) in [5.41, 5.74) is 1.02. The Morgan fingerprint density at radius 1 is 1.05 bits per heavy atom. The maximum atomic E-state index is 13.6. The fourth-order valence-electron chi connectivity index (χ4n) is 4.39. The molecule has 1 aliphatic rings. The maximum absolute atomic E-state index is 13.6. The number of ether oxygens (including phenoxy) is 3. The number of carbonyl (C=O) groups is 3. The van der Waals surface area contributed by atoms with Gasteiger partial charge in [0.05, 0.1) is 37.1 Å². The Morgan fingerprint density at radius 3 is 2.44 bits per heavy atom. The van der Waals surface area contributed by atoms with Crippen LogP contribution in [0, 0.1) is 6.92 Å². The molecular formula is C30H31ClN2O7S. The first-order valence-electron chi connectivity index (χ1n) is 13.3. The first-order valence-corrected chi connectivity index (χ1v) is 14.5. The SMILES string of the molecule is CCCCOc1ccc(C2/C(=C(\O)c3ccc(Cl)cc3)C(=O)C(=O)N2c2nc(C)c(C(=O)OCC)s2)cc1OCC. The number of unbranched alkanes of at least 4 members (excludes halogenated alkanes) is 1. The molecule has 2 aromatic carbocycles. The molecule has 2 heterocycles. The van der Waals surface area contributed by atoms with E-state index in [1.54, 1.807) is 56.3 Å². The van der Waals surface area contributed by atoms with Crippen molar-refractivity contribution in [2.45, 2.75) is 46.6 Å². The number of aliphatic hydroxyl groups excluding tert-OH is 1. The van der Waals surface area contributed by atoms with E-state index >= 15 is 0 Å². The number of aromatic nitrogens is 1. The molecule has 1 atom stereocenters. The van der Waals surface area contributed by atoms with Gasteiger partial charge in [0.15, 0.2) is 16.6 Å². The number of anilines is 1. The van der Waals surface area contributed by atoms with E-state index in [-0.39, 0.29) is 27.9 Å². The molecule has 1 N–H and O–H groups in total. The lowest BCUT2D eigenvalue weighted by Crippen LogP contribution is -2.29. The molecule has 1 unspecified atom stereocenters. The predicted octanol–water partition coefficient (Wildman–Crippen LogP) is 6.49. The van der Waals surface area contributed by atoms with E-state index in [0.717, 1.165) is 24.2 Å². The van der Waals surface area contributed by atoms with Crippen LogP contribution in [0.2, 0.25) is 5.02 Å².